The maximum atomic E-state index is 11.7. The normalized spacial score (nSPS) is 17.3. The third-order valence-corrected chi connectivity index (χ3v) is 2.82. The van der Waals surface area contributed by atoms with Crippen molar-refractivity contribution in [2.75, 3.05) is 0 Å². The number of nitrogens with zero attached hydrogens (tertiary/aromatic N) is 1. The lowest BCUT2D eigenvalue weighted by atomic mass is 9.89. The van der Waals surface area contributed by atoms with Gasteiger partial charge in [-0.1, -0.05) is 25.3 Å². The van der Waals surface area contributed by atoms with Crippen molar-refractivity contribution in [2.24, 2.45) is 5.92 Å². The van der Waals surface area contributed by atoms with Crippen LogP contribution in [0.4, 0.5) is 0 Å². The van der Waals surface area contributed by atoms with Crippen LogP contribution in [0.15, 0.2) is 30.6 Å². The number of carbonyl (C=O) groups excluding carboxylic acids is 1. The first kappa shape index (κ1) is 10.1. The third-order valence-electron chi connectivity index (χ3n) is 2.82. The summed E-state index contributed by atoms with van der Waals surface area (Å²) in [6, 6.07) is 5.58. The predicted molar refractivity (Wildman–Crippen MR) is 54.8 cm³/mol. The molecule has 80 valence electrons. The molecule has 1 aliphatic carbocycles. The molecule has 0 aliphatic heterocycles. The van der Waals surface area contributed by atoms with Gasteiger partial charge >= 0.3 is 5.97 Å². The molecule has 1 heterocycles. The van der Waals surface area contributed by atoms with Crippen LogP contribution in [0.1, 0.15) is 32.1 Å². The molecule has 1 aliphatic rings. The van der Waals surface area contributed by atoms with Gasteiger partial charge in [0.05, 0.1) is 5.92 Å². The van der Waals surface area contributed by atoms with Crippen LogP contribution in [0.25, 0.3) is 0 Å². The Morgan fingerprint density at radius 3 is 2.40 bits per heavy atom. The predicted octanol–water partition coefficient (Wildman–Crippen LogP) is 1.51. The van der Waals surface area contributed by atoms with Crippen LogP contribution in [-0.4, -0.2) is 5.97 Å². The van der Waals surface area contributed by atoms with Crippen molar-refractivity contribution in [2.45, 2.75) is 32.1 Å². The summed E-state index contributed by atoms with van der Waals surface area (Å²) in [6.45, 7) is 0. The summed E-state index contributed by atoms with van der Waals surface area (Å²) in [5.74, 6) is 0.0114. The minimum absolute atomic E-state index is 0.0918. The number of carbonyl (C=O) groups is 1. The maximum Gasteiger partial charge on any atom is 0.383 e. The first-order chi connectivity index (χ1) is 7.36. The molecule has 0 saturated heterocycles. The molecule has 0 N–H and O–H groups in total. The first-order valence-electron chi connectivity index (χ1n) is 5.55. The SMILES string of the molecule is O=C(O[n+]1ccccc1)C1CCCCC1. The van der Waals surface area contributed by atoms with Crippen LogP contribution >= 0.6 is 0 Å². The Labute approximate surface area is 89.6 Å². The van der Waals surface area contributed by atoms with Gasteiger partial charge in [-0.25, -0.2) is 4.79 Å². The molecule has 0 spiro atoms. The van der Waals surface area contributed by atoms with Crippen LogP contribution in [0.5, 0.6) is 0 Å². The molecule has 15 heavy (non-hydrogen) atoms. The quantitative estimate of drug-likeness (QED) is 0.687. The van der Waals surface area contributed by atoms with Crippen molar-refractivity contribution in [3.05, 3.63) is 30.6 Å². The standard InChI is InChI=1S/C12H16NO2/c14-12(11-7-3-1-4-8-11)15-13-9-5-2-6-10-13/h2,5-6,9-11H,1,3-4,7-8H2/q+1. The fourth-order valence-corrected chi connectivity index (χ4v) is 1.96. The molecule has 1 aromatic heterocycles. The molecule has 0 amide bonds. The van der Waals surface area contributed by atoms with E-state index in [-0.39, 0.29) is 11.9 Å². The Hall–Kier alpha value is -1.38. The zero-order valence-electron chi connectivity index (χ0n) is 8.76. The molecule has 0 bridgehead atoms. The van der Waals surface area contributed by atoms with Gasteiger partial charge in [0.2, 0.25) is 12.4 Å². The molecular formula is C12H16NO2+. The maximum absolute atomic E-state index is 11.7. The van der Waals surface area contributed by atoms with Gasteiger partial charge in [0, 0.05) is 16.9 Å². The van der Waals surface area contributed by atoms with Gasteiger partial charge in [0.1, 0.15) is 0 Å². The molecule has 0 aromatic carbocycles. The monoisotopic (exact) mass is 206 g/mol. The summed E-state index contributed by atoms with van der Waals surface area (Å²) in [4.78, 5) is 17.0. The molecule has 1 aromatic rings. The largest absolute Gasteiger partial charge is 0.383 e. The smallest absolute Gasteiger partial charge is 0.244 e. The Kier molecular flexibility index (Phi) is 3.33. The highest BCUT2D eigenvalue weighted by Crippen LogP contribution is 2.23. The van der Waals surface area contributed by atoms with Gasteiger partial charge in [-0.15, -0.1) is 0 Å². The molecule has 3 heteroatoms. The first-order valence-corrected chi connectivity index (χ1v) is 5.55. The lowest BCUT2D eigenvalue weighted by molar-refractivity contribution is -0.870. The van der Waals surface area contributed by atoms with Crippen molar-refractivity contribution in [1.82, 2.24) is 0 Å². The van der Waals surface area contributed by atoms with E-state index in [0.29, 0.717) is 0 Å². The molecule has 0 radical (unpaired) electrons. The van der Waals surface area contributed by atoms with Crippen LogP contribution < -0.4 is 9.57 Å². The summed E-state index contributed by atoms with van der Waals surface area (Å²) in [7, 11) is 0. The van der Waals surface area contributed by atoms with E-state index in [1.54, 1.807) is 12.4 Å². The van der Waals surface area contributed by atoms with E-state index in [2.05, 4.69) is 0 Å². The molecule has 1 saturated carbocycles. The van der Waals surface area contributed by atoms with Gasteiger partial charge in [-0.05, 0) is 12.8 Å². The van der Waals surface area contributed by atoms with Crippen LogP contribution in [0.3, 0.4) is 0 Å². The van der Waals surface area contributed by atoms with E-state index in [4.69, 9.17) is 4.84 Å². The fourth-order valence-electron chi connectivity index (χ4n) is 1.96. The van der Waals surface area contributed by atoms with Crippen LogP contribution in [-0.2, 0) is 4.79 Å². The summed E-state index contributed by atoms with van der Waals surface area (Å²) < 4.78 is 1.47. The highest BCUT2D eigenvalue weighted by atomic mass is 16.7. The van der Waals surface area contributed by atoms with Crippen molar-refractivity contribution in [1.29, 1.82) is 0 Å². The number of hydrogen-bond donors (Lipinski definition) is 0. The minimum atomic E-state index is -0.0918. The molecule has 0 atom stereocenters. The molecule has 0 unspecified atom stereocenters. The van der Waals surface area contributed by atoms with E-state index in [1.807, 2.05) is 18.2 Å². The lowest BCUT2D eigenvalue weighted by Crippen LogP contribution is -2.47. The van der Waals surface area contributed by atoms with Gasteiger partial charge in [0.15, 0.2) is 0 Å². The number of rotatable bonds is 2. The summed E-state index contributed by atoms with van der Waals surface area (Å²) in [5.41, 5.74) is 0. The van der Waals surface area contributed by atoms with Gasteiger partial charge in [-0.3, -0.25) is 0 Å². The summed E-state index contributed by atoms with van der Waals surface area (Å²) >= 11 is 0. The van der Waals surface area contributed by atoms with Gasteiger partial charge in [-0.2, -0.15) is 4.84 Å². The highest BCUT2D eigenvalue weighted by Gasteiger charge is 2.25. The van der Waals surface area contributed by atoms with E-state index < -0.39 is 0 Å². The minimum Gasteiger partial charge on any atom is -0.244 e. The second-order valence-electron chi connectivity index (χ2n) is 3.98. The van der Waals surface area contributed by atoms with E-state index in [9.17, 15) is 4.79 Å². The van der Waals surface area contributed by atoms with Gasteiger partial charge in [0.25, 0.3) is 0 Å². The second kappa shape index (κ2) is 4.91. The van der Waals surface area contributed by atoms with Crippen LogP contribution in [0, 0.1) is 5.92 Å². The Morgan fingerprint density at radius 2 is 1.73 bits per heavy atom. The number of hydrogen-bond acceptors (Lipinski definition) is 2. The van der Waals surface area contributed by atoms with E-state index in [0.717, 1.165) is 25.7 Å². The van der Waals surface area contributed by atoms with Gasteiger partial charge < -0.3 is 0 Å². The second-order valence-corrected chi connectivity index (χ2v) is 3.98. The highest BCUT2D eigenvalue weighted by molar-refractivity contribution is 5.72. The molecule has 2 rings (SSSR count). The molecule has 1 fully saturated rings. The Morgan fingerprint density at radius 1 is 1.07 bits per heavy atom. The lowest BCUT2D eigenvalue weighted by Gasteiger charge is -2.17. The number of aromatic nitrogens is 1. The average Bonchev–Trinajstić information content (AvgIpc) is 2.31. The van der Waals surface area contributed by atoms with Crippen LogP contribution in [0.2, 0.25) is 0 Å². The summed E-state index contributed by atoms with van der Waals surface area (Å²) in [6.07, 6.45) is 8.99. The van der Waals surface area contributed by atoms with E-state index in [1.165, 1.54) is 11.2 Å². The van der Waals surface area contributed by atoms with Crippen molar-refractivity contribution < 1.29 is 14.4 Å². The topological polar surface area (TPSA) is 30.2 Å². The fraction of sp³-hybridized carbons (Fsp3) is 0.500. The zero-order chi connectivity index (χ0) is 10.5. The Balaban J connectivity index is 1.91. The Bertz CT molecular complexity index is 318. The van der Waals surface area contributed by atoms with Crippen molar-refractivity contribution in [3.8, 4) is 0 Å². The molecular weight excluding hydrogens is 190 g/mol. The molecule has 3 nitrogen and oxygen atoms in total. The average molecular weight is 206 g/mol. The number of pyridine rings is 1. The van der Waals surface area contributed by atoms with E-state index >= 15 is 0 Å². The van der Waals surface area contributed by atoms with Crippen molar-refractivity contribution in [3.63, 3.8) is 0 Å². The zero-order valence-corrected chi connectivity index (χ0v) is 8.76. The summed E-state index contributed by atoms with van der Waals surface area (Å²) in [5, 5.41) is 0. The third kappa shape index (κ3) is 2.78. The van der Waals surface area contributed by atoms with Crippen molar-refractivity contribution >= 4 is 5.97 Å².